The van der Waals surface area contributed by atoms with Crippen LogP contribution in [-0.2, 0) is 12.8 Å². The molecule has 0 aromatic carbocycles. The summed E-state index contributed by atoms with van der Waals surface area (Å²) in [5.74, 6) is -0.856. The van der Waals surface area contributed by atoms with Gasteiger partial charge in [0.2, 0.25) is 5.95 Å². The minimum atomic E-state index is -1.11. The summed E-state index contributed by atoms with van der Waals surface area (Å²) in [4.78, 5) is 29.5. The van der Waals surface area contributed by atoms with Crippen molar-refractivity contribution in [3.05, 3.63) is 39.6 Å². The monoisotopic (exact) mass is 246 g/mol. The maximum absolute atomic E-state index is 11.8. The van der Waals surface area contributed by atoms with E-state index in [1.54, 1.807) is 0 Å². The van der Waals surface area contributed by atoms with E-state index in [0.29, 0.717) is 0 Å². The summed E-state index contributed by atoms with van der Waals surface area (Å²) in [7, 11) is 0. The fraction of sp³-hybridized carbons (Fsp3) is 0.273. The fourth-order valence-corrected chi connectivity index (χ4v) is 2.09. The Kier molecular flexibility index (Phi) is 2.26. The number of aromatic carboxylic acids is 1. The van der Waals surface area contributed by atoms with Gasteiger partial charge in [-0.05, 0) is 25.3 Å². The zero-order valence-electron chi connectivity index (χ0n) is 9.38. The Hall–Kier alpha value is -2.44. The van der Waals surface area contributed by atoms with Crippen LogP contribution in [-0.4, -0.2) is 30.8 Å². The highest BCUT2D eigenvalue weighted by Crippen LogP contribution is 2.16. The number of carboxylic acids is 1. The van der Waals surface area contributed by atoms with Gasteiger partial charge < -0.3 is 5.11 Å². The minimum absolute atomic E-state index is 0.0850. The smallest absolute Gasteiger partial charge is 0.356 e. The topological polar surface area (TPSA) is 101 Å². The zero-order valence-corrected chi connectivity index (χ0v) is 9.38. The van der Waals surface area contributed by atoms with E-state index in [2.05, 4.69) is 15.1 Å². The summed E-state index contributed by atoms with van der Waals surface area (Å²) in [6.07, 6.45) is 3.91. The Morgan fingerprint density at radius 1 is 1.44 bits per heavy atom. The Balaban J connectivity index is 2.09. The molecule has 3 rings (SSSR count). The molecule has 2 aromatic rings. The number of aromatic amines is 1. The van der Waals surface area contributed by atoms with Gasteiger partial charge in [-0.25, -0.2) is 14.5 Å². The van der Waals surface area contributed by atoms with Gasteiger partial charge in [0.25, 0.3) is 5.56 Å². The van der Waals surface area contributed by atoms with Gasteiger partial charge in [0.05, 0.1) is 5.69 Å². The van der Waals surface area contributed by atoms with Crippen LogP contribution >= 0.6 is 0 Å². The molecule has 0 atom stereocenters. The molecule has 7 nitrogen and oxygen atoms in total. The van der Waals surface area contributed by atoms with Crippen LogP contribution in [0.5, 0.6) is 0 Å². The second-order valence-electron chi connectivity index (χ2n) is 4.12. The van der Waals surface area contributed by atoms with Crippen molar-refractivity contribution in [2.24, 2.45) is 0 Å². The van der Waals surface area contributed by atoms with E-state index in [1.807, 2.05) is 0 Å². The van der Waals surface area contributed by atoms with Crippen LogP contribution in [0.1, 0.15) is 28.2 Å². The van der Waals surface area contributed by atoms with Crippen LogP contribution in [0.25, 0.3) is 5.95 Å². The van der Waals surface area contributed by atoms with E-state index in [4.69, 9.17) is 5.11 Å². The average molecular weight is 246 g/mol. The van der Waals surface area contributed by atoms with Crippen LogP contribution in [0.2, 0.25) is 0 Å². The number of H-pyrrole nitrogens is 1. The molecule has 1 aliphatic rings. The van der Waals surface area contributed by atoms with E-state index in [-0.39, 0.29) is 17.2 Å². The van der Waals surface area contributed by atoms with Crippen molar-refractivity contribution in [1.29, 1.82) is 0 Å². The van der Waals surface area contributed by atoms with Gasteiger partial charge in [-0.2, -0.15) is 5.10 Å². The van der Waals surface area contributed by atoms with Crippen LogP contribution in [0.3, 0.4) is 0 Å². The van der Waals surface area contributed by atoms with Crippen molar-refractivity contribution in [2.75, 3.05) is 0 Å². The SMILES string of the molecule is O=C(O)c1ccn(-c2nc3c(c(=O)[nH]2)CCC3)n1. The number of aryl methyl sites for hydroxylation is 1. The van der Waals surface area contributed by atoms with Gasteiger partial charge in [-0.3, -0.25) is 9.78 Å². The molecule has 2 N–H and O–H groups in total. The number of aromatic nitrogens is 4. The average Bonchev–Trinajstić information content (AvgIpc) is 2.97. The number of rotatable bonds is 2. The lowest BCUT2D eigenvalue weighted by Crippen LogP contribution is -2.18. The largest absolute Gasteiger partial charge is 0.476 e. The van der Waals surface area contributed by atoms with Gasteiger partial charge in [0, 0.05) is 11.8 Å². The first kappa shape index (κ1) is 10.7. The first-order chi connectivity index (χ1) is 8.65. The predicted molar refractivity (Wildman–Crippen MR) is 61.0 cm³/mol. The number of nitrogens with zero attached hydrogens (tertiary/aromatic N) is 3. The Morgan fingerprint density at radius 3 is 3.00 bits per heavy atom. The molecule has 0 radical (unpaired) electrons. The summed E-state index contributed by atoms with van der Waals surface area (Å²) < 4.78 is 1.27. The molecule has 18 heavy (non-hydrogen) atoms. The zero-order chi connectivity index (χ0) is 12.7. The van der Waals surface area contributed by atoms with Gasteiger partial charge >= 0.3 is 5.97 Å². The molecule has 2 aromatic heterocycles. The van der Waals surface area contributed by atoms with Gasteiger partial charge in [0.1, 0.15) is 0 Å². The fourth-order valence-electron chi connectivity index (χ4n) is 2.09. The third-order valence-electron chi connectivity index (χ3n) is 2.95. The van der Waals surface area contributed by atoms with Crippen LogP contribution in [0.4, 0.5) is 0 Å². The summed E-state index contributed by atoms with van der Waals surface area (Å²) in [6.45, 7) is 0. The third kappa shape index (κ3) is 1.60. The summed E-state index contributed by atoms with van der Waals surface area (Å²) in [5.41, 5.74) is 1.25. The molecule has 1 aliphatic carbocycles. The van der Waals surface area contributed by atoms with Crippen molar-refractivity contribution in [3.8, 4) is 5.95 Å². The van der Waals surface area contributed by atoms with E-state index < -0.39 is 5.97 Å². The van der Waals surface area contributed by atoms with Crippen LogP contribution in [0.15, 0.2) is 17.1 Å². The van der Waals surface area contributed by atoms with E-state index in [9.17, 15) is 9.59 Å². The highest BCUT2D eigenvalue weighted by atomic mass is 16.4. The molecule has 0 bridgehead atoms. The molecule has 0 saturated heterocycles. The summed E-state index contributed by atoms with van der Waals surface area (Å²) in [5, 5.41) is 12.6. The van der Waals surface area contributed by atoms with Crippen molar-refractivity contribution in [3.63, 3.8) is 0 Å². The predicted octanol–water partition coefficient (Wildman–Crippen LogP) is 0.142. The highest BCUT2D eigenvalue weighted by Gasteiger charge is 2.18. The molecule has 92 valence electrons. The molecule has 0 aliphatic heterocycles. The lowest BCUT2D eigenvalue weighted by molar-refractivity contribution is 0.0690. The van der Waals surface area contributed by atoms with Crippen LogP contribution < -0.4 is 5.56 Å². The van der Waals surface area contributed by atoms with Crippen molar-refractivity contribution >= 4 is 5.97 Å². The molecule has 0 amide bonds. The molecule has 2 heterocycles. The molecule has 0 unspecified atom stereocenters. The normalized spacial score (nSPS) is 13.6. The molecule has 7 heteroatoms. The molecule has 0 fully saturated rings. The van der Waals surface area contributed by atoms with E-state index >= 15 is 0 Å². The van der Waals surface area contributed by atoms with Gasteiger partial charge in [0.15, 0.2) is 5.69 Å². The van der Waals surface area contributed by atoms with E-state index in [0.717, 1.165) is 30.5 Å². The summed E-state index contributed by atoms with van der Waals surface area (Å²) >= 11 is 0. The number of carboxylic acid groups (broad SMARTS) is 1. The lowest BCUT2D eigenvalue weighted by atomic mass is 10.3. The van der Waals surface area contributed by atoms with Crippen molar-refractivity contribution in [2.45, 2.75) is 19.3 Å². The Bertz CT molecular complexity index is 686. The number of carbonyl (C=O) groups is 1. The maximum Gasteiger partial charge on any atom is 0.356 e. The number of hydrogen-bond acceptors (Lipinski definition) is 4. The minimum Gasteiger partial charge on any atom is -0.476 e. The molecule has 0 saturated carbocycles. The first-order valence-corrected chi connectivity index (χ1v) is 5.56. The highest BCUT2D eigenvalue weighted by molar-refractivity contribution is 5.85. The third-order valence-corrected chi connectivity index (χ3v) is 2.95. The lowest BCUT2D eigenvalue weighted by Gasteiger charge is -2.02. The van der Waals surface area contributed by atoms with Crippen molar-refractivity contribution in [1.82, 2.24) is 19.7 Å². The molecular weight excluding hydrogens is 236 g/mol. The molecule has 0 spiro atoms. The number of nitrogens with one attached hydrogen (secondary N) is 1. The Labute approximate surface area is 101 Å². The second-order valence-corrected chi connectivity index (χ2v) is 4.12. The standard InChI is InChI=1S/C11H10N4O3/c16-9-6-2-1-3-7(6)12-11(13-9)15-5-4-8(14-15)10(17)18/h4-5H,1-3H2,(H,17,18)(H,12,13,16). The maximum atomic E-state index is 11.8. The summed E-state index contributed by atoms with van der Waals surface area (Å²) in [6, 6.07) is 1.36. The first-order valence-electron chi connectivity index (χ1n) is 5.56. The second kappa shape index (κ2) is 3.80. The quantitative estimate of drug-likeness (QED) is 0.785. The van der Waals surface area contributed by atoms with Crippen molar-refractivity contribution < 1.29 is 9.90 Å². The van der Waals surface area contributed by atoms with Gasteiger partial charge in [-0.1, -0.05) is 0 Å². The number of hydrogen-bond donors (Lipinski definition) is 2. The Morgan fingerprint density at radius 2 is 2.28 bits per heavy atom. The number of fused-ring (bicyclic) bond motifs is 1. The molecular formula is C11H10N4O3. The van der Waals surface area contributed by atoms with E-state index in [1.165, 1.54) is 16.9 Å². The van der Waals surface area contributed by atoms with Gasteiger partial charge in [-0.15, -0.1) is 0 Å². The van der Waals surface area contributed by atoms with Crippen LogP contribution in [0, 0.1) is 0 Å².